The zero-order valence-electron chi connectivity index (χ0n) is 9.76. The second-order valence-electron chi connectivity index (χ2n) is 3.98. The van der Waals surface area contributed by atoms with Gasteiger partial charge in [-0.1, -0.05) is 36.4 Å². The predicted octanol–water partition coefficient (Wildman–Crippen LogP) is 2.62. The molecule has 2 rings (SSSR count). The molecule has 0 spiro atoms. The van der Waals surface area contributed by atoms with E-state index in [0.29, 0.717) is 6.04 Å². The second-order valence-corrected chi connectivity index (χ2v) is 3.98. The summed E-state index contributed by atoms with van der Waals surface area (Å²) in [5, 5.41) is 3.46. The molecule has 0 saturated heterocycles. The normalized spacial score (nSPS) is 18.6. The van der Waals surface area contributed by atoms with Gasteiger partial charge in [0.2, 0.25) is 0 Å². The van der Waals surface area contributed by atoms with Crippen molar-refractivity contribution in [3.8, 4) is 0 Å². The third kappa shape index (κ3) is 4.68. The Hall–Kier alpha value is -0.540. The van der Waals surface area contributed by atoms with E-state index in [1.54, 1.807) is 0 Å². The van der Waals surface area contributed by atoms with Crippen LogP contribution in [0.15, 0.2) is 36.4 Å². The summed E-state index contributed by atoms with van der Waals surface area (Å²) in [5.74, 6) is 0. The third-order valence-electron chi connectivity index (χ3n) is 2.88. The van der Waals surface area contributed by atoms with Crippen LogP contribution in [0.2, 0.25) is 0 Å². The fourth-order valence-electron chi connectivity index (χ4n) is 2.06. The molecule has 0 saturated carbocycles. The van der Waals surface area contributed by atoms with Gasteiger partial charge in [-0.2, -0.15) is 0 Å². The molecule has 96 valence electrons. The second kappa shape index (κ2) is 8.54. The summed E-state index contributed by atoms with van der Waals surface area (Å²) in [6, 6.07) is 11.2. The molecule has 2 nitrogen and oxygen atoms in total. The number of hydrogen-bond acceptors (Lipinski definition) is 2. The number of nitrogens with two attached hydrogens (primary N) is 1. The van der Waals surface area contributed by atoms with E-state index in [1.165, 1.54) is 11.1 Å². The number of benzene rings is 1. The summed E-state index contributed by atoms with van der Waals surface area (Å²) in [6.45, 7) is 1.73. The lowest BCUT2D eigenvalue weighted by Crippen LogP contribution is -2.34. The average Bonchev–Trinajstić information content (AvgIpc) is 2.31. The van der Waals surface area contributed by atoms with Gasteiger partial charge >= 0.3 is 0 Å². The SMILES string of the molecule is Cl.Cl.NCCC1CC(c2ccccc2)=CCN1. The van der Waals surface area contributed by atoms with Crippen LogP contribution in [-0.4, -0.2) is 19.1 Å². The van der Waals surface area contributed by atoms with Gasteiger partial charge in [0.1, 0.15) is 0 Å². The molecule has 0 bridgehead atoms. The Balaban J connectivity index is 0.00000128. The zero-order valence-corrected chi connectivity index (χ0v) is 11.4. The van der Waals surface area contributed by atoms with Crippen molar-refractivity contribution >= 4 is 30.4 Å². The van der Waals surface area contributed by atoms with Crippen molar-refractivity contribution in [3.05, 3.63) is 42.0 Å². The van der Waals surface area contributed by atoms with Crippen molar-refractivity contribution in [3.63, 3.8) is 0 Å². The van der Waals surface area contributed by atoms with Gasteiger partial charge in [0.05, 0.1) is 0 Å². The van der Waals surface area contributed by atoms with Crippen LogP contribution in [0.4, 0.5) is 0 Å². The minimum Gasteiger partial charge on any atom is -0.330 e. The van der Waals surface area contributed by atoms with Crippen LogP contribution in [0.3, 0.4) is 0 Å². The minimum absolute atomic E-state index is 0. The van der Waals surface area contributed by atoms with Crippen molar-refractivity contribution in [2.45, 2.75) is 18.9 Å². The van der Waals surface area contributed by atoms with Crippen molar-refractivity contribution in [2.75, 3.05) is 13.1 Å². The van der Waals surface area contributed by atoms with E-state index in [-0.39, 0.29) is 24.8 Å². The van der Waals surface area contributed by atoms with Crippen molar-refractivity contribution in [1.29, 1.82) is 0 Å². The first-order chi connectivity index (χ1) is 7.40. The molecule has 1 atom stereocenters. The molecular formula is C13H20Cl2N2. The van der Waals surface area contributed by atoms with Crippen LogP contribution in [0.5, 0.6) is 0 Å². The molecule has 0 aliphatic carbocycles. The van der Waals surface area contributed by atoms with E-state index in [4.69, 9.17) is 5.73 Å². The van der Waals surface area contributed by atoms with Crippen LogP contribution in [0.25, 0.3) is 5.57 Å². The average molecular weight is 275 g/mol. The highest BCUT2D eigenvalue weighted by Crippen LogP contribution is 2.22. The van der Waals surface area contributed by atoms with Gasteiger partial charge in [0.25, 0.3) is 0 Å². The molecule has 3 N–H and O–H groups in total. The van der Waals surface area contributed by atoms with Crippen LogP contribution in [0, 0.1) is 0 Å². The van der Waals surface area contributed by atoms with Crippen molar-refractivity contribution in [1.82, 2.24) is 5.32 Å². The van der Waals surface area contributed by atoms with E-state index >= 15 is 0 Å². The van der Waals surface area contributed by atoms with Crippen LogP contribution in [0.1, 0.15) is 18.4 Å². The molecule has 1 aromatic carbocycles. The Morgan fingerprint density at radius 2 is 1.88 bits per heavy atom. The Kier molecular flexibility index (Phi) is 8.26. The first-order valence-electron chi connectivity index (χ1n) is 5.58. The maximum atomic E-state index is 5.58. The molecule has 1 heterocycles. The highest BCUT2D eigenvalue weighted by Gasteiger charge is 2.14. The summed E-state index contributed by atoms with van der Waals surface area (Å²) in [6.07, 6.45) is 4.44. The van der Waals surface area contributed by atoms with Gasteiger partial charge in [-0.3, -0.25) is 0 Å². The minimum atomic E-state index is 0. The molecule has 1 aromatic rings. The highest BCUT2D eigenvalue weighted by atomic mass is 35.5. The molecule has 4 heteroatoms. The maximum Gasteiger partial charge on any atom is 0.0143 e. The molecule has 1 aliphatic heterocycles. The first-order valence-corrected chi connectivity index (χ1v) is 5.58. The quantitative estimate of drug-likeness (QED) is 0.890. The molecule has 17 heavy (non-hydrogen) atoms. The van der Waals surface area contributed by atoms with Gasteiger partial charge in [0, 0.05) is 12.6 Å². The molecule has 0 amide bonds. The zero-order chi connectivity index (χ0) is 10.5. The van der Waals surface area contributed by atoms with Crippen LogP contribution < -0.4 is 11.1 Å². The third-order valence-corrected chi connectivity index (χ3v) is 2.88. The summed E-state index contributed by atoms with van der Waals surface area (Å²) in [4.78, 5) is 0. The standard InChI is InChI=1S/C13H18N2.2ClH/c14-8-6-13-10-12(7-9-15-13)11-4-2-1-3-5-11;;/h1-5,7,13,15H,6,8-10,14H2;2*1H. The highest BCUT2D eigenvalue weighted by molar-refractivity contribution is 5.85. The monoisotopic (exact) mass is 274 g/mol. The summed E-state index contributed by atoms with van der Waals surface area (Å²) in [7, 11) is 0. The summed E-state index contributed by atoms with van der Waals surface area (Å²) >= 11 is 0. The van der Waals surface area contributed by atoms with E-state index in [9.17, 15) is 0 Å². The molecule has 0 fully saturated rings. The van der Waals surface area contributed by atoms with Crippen LogP contribution >= 0.6 is 24.8 Å². The first kappa shape index (κ1) is 16.5. The lowest BCUT2D eigenvalue weighted by molar-refractivity contribution is 0.507. The lowest BCUT2D eigenvalue weighted by atomic mass is 9.94. The van der Waals surface area contributed by atoms with Gasteiger partial charge in [-0.25, -0.2) is 0 Å². The Labute approximate surface area is 115 Å². The van der Waals surface area contributed by atoms with E-state index < -0.39 is 0 Å². The van der Waals surface area contributed by atoms with E-state index in [0.717, 1.165) is 25.9 Å². The van der Waals surface area contributed by atoms with Crippen LogP contribution in [-0.2, 0) is 0 Å². The molecule has 1 aliphatic rings. The van der Waals surface area contributed by atoms with Gasteiger partial charge in [0.15, 0.2) is 0 Å². The topological polar surface area (TPSA) is 38.0 Å². The maximum absolute atomic E-state index is 5.58. The predicted molar refractivity (Wildman–Crippen MR) is 79.0 cm³/mol. The number of rotatable bonds is 3. The smallest absolute Gasteiger partial charge is 0.0143 e. The van der Waals surface area contributed by atoms with E-state index in [2.05, 4.69) is 41.7 Å². The van der Waals surface area contributed by atoms with Gasteiger partial charge in [-0.05, 0) is 30.5 Å². The Bertz CT molecular complexity index is 339. The Morgan fingerprint density at radius 1 is 1.18 bits per heavy atom. The summed E-state index contributed by atoms with van der Waals surface area (Å²) < 4.78 is 0. The largest absolute Gasteiger partial charge is 0.330 e. The van der Waals surface area contributed by atoms with Crippen molar-refractivity contribution in [2.24, 2.45) is 5.73 Å². The number of nitrogens with one attached hydrogen (secondary N) is 1. The lowest BCUT2D eigenvalue weighted by Gasteiger charge is -2.24. The molecular weight excluding hydrogens is 255 g/mol. The van der Waals surface area contributed by atoms with Gasteiger partial charge in [-0.15, -0.1) is 24.8 Å². The fraction of sp³-hybridized carbons (Fsp3) is 0.385. The summed E-state index contributed by atoms with van der Waals surface area (Å²) in [5.41, 5.74) is 8.38. The Morgan fingerprint density at radius 3 is 2.53 bits per heavy atom. The molecule has 0 radical (unpaired) electrons. The number of halogens is 2. The van der Waals surface area contributed by atoms with Gasteiger partial charge < -0.3 is 11.1 Å². The fourth-order valence-corrected chi connectivity index (χ4v) is 2.06. The molecule has 0 aromatic heterocycles. The molecule has 1 unspecified atom stereocenters. The van der Waals surface area contributed by atoms with E-state index in [1.807, 2.05) is 0 Å². The number of hydrogen-bond donors (Lipinski definition) is 2. The van der Waals surface area contributed by atoms with Crippen molar-refractivity contribution < 1.29 is 0 Å².